The molecule has 2 bridgehead atoms. The van der Waals surface area contributed by atoms with Crippen LogP contribution in [0.2, 0.25) is 5.02 Å². The number of amides is 3. The van der Waals surface area contributed by atoms with Gasteiger partial charge in [0, 0.05) is 10.9 Å². The van der Waals surface area contributed by atoms with Gasteiger partial charge in [0.15, 0.2) is 0 Å². The molecule has 10 heteroatoms. The Labute approximate surface area is 266 Å². The van der Waals surface area contributed by atoms with Crippen LogP contribution in [0, 0.1) is 17.8 Å². The summed E-state index contributed by atoms with van der Waals surface area (Å²) in [5.74, 6) is -1.56. The minimum Gasteiger partial charge on any atom is -0.494 e. The third-order valence-electron chi connectivity index (χ3n) is 9.22. The number of carbonyl (C=O) groups excluding carboxylic acids is 3. The Hall–Kier alpha value is -3.53. The molecule has 3 N–H and O–H groups in total. The molecule has 44 heavy (non-hydrogen) atoms. The fourth-order valence-corrected chi connectivity index (χ4v) is 9.97. The molecule has 0 radical (unpaired) electrons. The first kappa shape index (κ1) is 30.5. The molecule has 230 valence electrons. The van der Waals surface area contributed by atoms with Crippen molar-refractivity contribution in [1.82, 2.24) is 4.90 Å². The average Bonchev–Trinajstić information content (AvgIpc) is 3.62. The van der Waals surface area contributed by atoms with Crippen LogP contribution in [-0.4, -0.2) is 63.0 Å². The zero-order valence-electron chi connectivity index (χ0n) is 24.6. The first-order valence-electron chi connectivity index (χ1n) is 15.0. The summed E-state index contributed by atoms with van der Waals surface area (Å²) < 4.78 is 4.68. The fourth-order valence-electron chi connectivity index (χ4n) is 7.38. The van der Waals surface area contributed by atoms with E-state index < -0.39 is 28.7 Å². The normalized spacial score (nSPS) is 27.6. The van der Waals surface area contributed by atoms with Gasteiger partial charge < -0.3 is 25.4 Å². The number of aliphatic hydroxyl groups excluding tert-OH is 1. The SMILES string of the molecule is CCOc1ccc(NC(=O)[C@@H]2[C@H]3C(=O)N([C@@H](CO)Cc4ccccc4)C(C(=O)Nc4ccccc4Cl)C34S[C@@H]2CC4C)cc1. The predicted molar refractivity (Wildman–Crippen MR) is 173 cm³/mol. The van der Waals surface area contributed by atoms with Gasteiger partial charge in [-0.05, 0) is 67.6 Å². The van der Waals surface area contributed by atoms with Crippen LogP contribution in [0.25, 0.3) is 0 Å². The number of halogens is 1. The first-order chi connectivity index (χ1) is 21.3. The molecule has 8 nitrogen and oxygen atoms in total. The quantitative estimate of drug-likeness (QED) is 0.281. The fraction of sp³-hybridized carbons (Fsp3) is 0.382. The number of ether oxygens (including phenoxy) is 1. The summed E-state index contributed by atoms with van der Waals surface area (Å²) >= 11 is 8.01. The van der Waals surface area contributed by atoms with Gasteiger partial charge in [0.2, 0.25) is 17.7 Å². The van der Waals surface area contributed by atoms with Crippen molar-refractivity contribution in [2.45, 2.75) is 48.8 Å². The molecule has 3 fully saturated rings. The second kappa shape index (κ2) is 12.5. The van der Waals surface area contributed by atoms with Crippen molar-refractivity contribution < 1.29 is 24.2 Å². The number of likely N-dealkylation sites (tertiary alicyclic amines) is 1. The number of hydrogen-bond acceptors (Lipinski definition) is 6. The van der Waals surface area contributed by atoms with E-state index in [1.807, 2.05) is 37.3 Å². The van der Waals surface area contributed by atoms with Crippen molar-refractivity contribution in [3.05, 3.63) is 89.4 Å². The highest BCUT2D eigenvalue weighted by Crippen LogP contribution is 2.69. The summed E-state index contributed by atoms with van der Waals surface area (Å²) in [5, 5.41) is 17.0. The smallest absolute Gasteiger partial charge is 0.248 e. The predicted octanol–water partition coefficient (Wildman–Crippen LogP) is 5.26. The van der Waals surface area contributed by atoms with Gasteiger partial charge in [-0.1, -0.05) is 61.0 Å². The molecule has 6 rings (SSSR count). The first-order valence-corrected chi connectivity index (χ1v) is 16.3. The molecule has 0 saturated carbocycles. The van der Waals surface area contributed by atoms with Gasteiger partial charge in [0.25, 0.3) is 0 Å². The third-order valence-corrected chi connectivity index (χ3v) is 11.6. The lowest BCUT2D eigenvalue weighted by Crippen LogP contribution is -2.57. The zero-order chi connectivity index (χ0) is 31.0. The summed E-state index contributed by atoms with van der Waals surface area (Å²) in [7, 11) is 0. The van der Waals surface area contributed by atoms with Gasteiger partial charge in [0.05, 0.1) is 46.5 Å². The number of aliphatic hydroxyl groups is 1. The summed E-state index contributed by atoms with van der Waals surface area (Å²) in [6.45, 7) is 4.19. The van der Waals surface area contributed by atoms with Crippen LogP contribution in [0.5, 0.6) is 5.75 Å². The average molecular weight is 634 g/mol. The molecule has 3 saturated heterocycles. The van der Waals surface area contributed by atoms with E-state index in [9.17, 15) is 19.5 Å². The molecule has 3 aromatic rings. The van der Waals surface area contributed by atoms with Crippen LogP contribution in [0.15, 0.2) is 78.9 Å². The lowest BCUT2D eigenvalue weighted by molar-refractivity contribution is -0.141. The number of benzene rings is 3. The Balaban J connectivity index is 1.37. The second-order valence-electron chi connectivity index (χ2n) is 11.7. The topological polar surface area (TPSA) is 108 Å². The molecule has 3 aliphatic heterocycles. The zero-order valence-corrected chi connectivity index (χ0v) is 26.2. The van der Waals surface area contributed by atoms with E-state index in [1.54, 1.807) is 65.2 Å². The number of fused-ring (bicyclic) bond motifs is 1. The Morgan fingerprint density at radius 3 is 2.43 bits per heavy atom. The third kappa shape index (κ3) is 5.25. The number of thioether (sulfide) groups is 1. The maximum Gasteiger partial charge on any atom is 0.248 e. The Morgan fingerprint density at radius 2 is 1.75 bits per heavy atom. The maximum atomic E-state index is 14.6. The number of hydrogen-bond donors (Lipinski definition) is 3. The van der Waals surface area contributed by atoms with E-state index >= 15 is 0 Å². The molecule has 1 spiro atoms. The molecule has 3 aromatic carbocycles. The summed E-state index contributed by atoms with van der Waals surface area (Å²) in [6.07, 6.45) is 1.06. The highest BCUT2D eigenvalue weighted by molar-refractivity contribution is 8.02. The lowest BCUT2D eigenvalue weighted by Gasteiger charge is -2.40. The lowest BCUT2D eigenvalue weighted by atomic mass is 9.66. The number of nitrogens with one attached hydrogen (secondary N) is 2. The molecular weight excluding hydrogens is 598 g/mol. The number of anilines is 2. The van der Waals surface area contributed by atoms with Gasteiger partial charge in [-0.3, -0.25) is 14.4 Å². The molecule has 3 unspecified atom stereocenters. The van der Waals surface area contributed by atoms with Crippen molar-refractivity contribution in [3.63, 3.8) is 0 Å². The molecule has 0 aromatic heterocycles. The van der Waals surface area contributed by atoms with E-state index in [2.05, 4.69) is 17.6 Å². The van der Waals surface area contributed by atoms with Crippen LogP contribution in [0.3, 0.4) is 0 Å². The van der Waals surface area contributed by atoms with Crippen LogP contribution in [0.4, 0.5) is 11.4 Å². The van der Waals surface area contributed by atoms with Crippen molar-refractivity contribution in [3.8, 4) is 5.75 Å². The van der Waals surface area contributed by atoms with Gasteiger partial charge >= 0.3 is 0 Å². The number of rotatable bonds is 10. The van der Waals surface area contributed by atoms with Crippen LogP contribution >= 0.6 is 23.4 Å². The molecule has 7 atom stereocenters. The summed E-state index contributed by atoms with van der Waals surface area (Å²) in [4.78, 5) is 44.5. The highest BCUT2D eigenvalue weighted by Gasteiger charge is 2.76. The van der Waals surface area contributed by atoms with Crippen LogP contribution in [-0.2, 0) is 20.8 Å². The maximum absolute atomic E-state index is 14.6. The van der Waals surface area contributed by atoms with Gasteiger partial charge in [-0.2, -0.15) is 0 Å². The minimum atomic E-state index is -0.912. The standard InChI is InChI=1S/C34H36ClN3O5S/c1-3-43-24-15-13-22(14-16-24)36-31(40)28-27-17-20(2)34(44-27)29(28)33(42)38(23(19-39)18-21-9-5-4-6-10-21)30(34)32(41)37-26-12-8-7-11-25(26)35/h4-16,20,23,27-30,39H,3,17-19H2,1-2H3,(H,36,40)(H,37,41)/t20?,23-,27-,28+,29+,30?,34?/m1/s1. The molecule has 0 aliphatic carbocycles. The van der Waals surface area contributed by atoms with Crippen molar-refractivity contribution in [2.24, 2.45) is 17.8 Å². The Kier molecular flexibility index (Phi) is 8.64. The Morgan fingerprint density at radius 1 is 1.05 bits per heavy atom. The largest absolute Gasteiger partial charge is 0.494 e. The van der Waals surface area contributed by atoms with Gasteiger partial charge in [-0.15, -0.1) is 11.8 Å². The number of nitrogens with zero attached hydrogens (tertiary/aromatic N) is 1. The second-order valence-corrected chi connectivity index (χ2v) is 13.7. The molecular formula is C34H36ClN3O5S. The molecule has 3 amide bonds. The highest BCUT2D eigenvalue weighted by atomic mass is 35.5. The number of carbonyl (C=O) groups is 3. The van der Waals surface area contributed by atoms with Gasteiger partial charge in [0.1, 0.15) is 11.8 Å². The van der Waals surface area contributed by atoms with E-state index in [4.69, 9.17) is 16.3 Å². The van der Waals surface area contributed by atoms with Gasteiger partial charge in [-0.25, -0.2) is 0 Å². The van der Waals surface area contributed by atoms with E-state index in [0.29, 0.717) is 41.6 Å². The summed E-state index contributed by atoms with van der Waals surface area (Å²) in [6, 6.07) is 22.2. The van der Waals surface area contributed by atoms with Crippen molar-refractivity contribution >= 4 is 52.5 Å². The van der Waals surface area contributed by atoms with E-state index in [-0.39, 0.29) is 35.5 Å². The monoisotopic (exact) mass is 633 g/mol. The molecule has 3 aliphatic rings. The van der Waals surface area contributed by atoms with E-state index in [1.165, 1.54) is 0 Å². The van der Waals surface area contributed by atoms with Crippen molar-refractivity contribution in [2.75, 3.05) is 23.8 Å². The minimum absolute atomic E-state index is 0.0240. The summed E-state index contributed by atoms with van der Waals surface area (Å²) in [5.41, 5.74) is 2.00. The Bertz CT molecular complexity index is 1540. The van der Waals surface area contributed by atoms with Crippen LogP contribution in [0.1, 0.15) is 25.8 Å². The van der Waals surface area contributed by atoms with E-state index in [0.717, 1.165) is 5.56 Å². The molecule has 3 heterocycles. The van der Waals surface area contributed by atoms with Crippen molar-refractivity contribution in [1.29, 1.82) is 0 Å². The van der Waals surface area contributed by atoms with Crippen LogP contribution < -0.4 is 15.4 Å². The number of para-hydroxylation sites is 1.